The minimum absolute atomic E-state index is 0.138. The highest BCUT2D eigenvalue weighted by Crippen LogP contribution is 2.49. The Morgan fingerprint density at radius 1 is 0.708 bits per heavy atom. The van der Waals surface area contributed by atoms with E-state index < -0.39 is 15.4 Å². The third-order valence-corrected chi connectivity index (χ3v) is 22.8. The predicted octanol–water partition coefficient (Wildman–Crippen LogP) is 6.51. The summed E-state index contributed by atoms with van der Waals surface area (Å²) in [7, 11) is -3.73. The zero-order chi connectivity index (χ0) is 18.1. The first-order valence-corrected chi connectivity index (χ1v) is 14.8. The van der Waals surface area contributed by atoms with E-state index in [0.717, 1.165) is 43.4 Å². The Balaban J connectivity index is 3.45. The first-order valence-electron chi connectivity index (χ1n) is 8.89. The highest BCUT2D eigenvalue weighted by atomic mass is 29.3. The molecule has 132 valence electrons. The second kappa shape index (κ2) is 9.35. The van der Waals surface area contributed by atoms with Crippen molar-refractivity contribution < 1.29 is 4.43 Å². The van der Waals surface area contributed by atoms with Gasteiger partial charge in [0.2, 0.25) is 0 Å². The second-order valence-corrected chi connectivity index (χ2v) is 19.8. The number of hydrogen-bond acceptors (Lipinski definition) is 1. The summed E-state index contributed by atoms with van der Waals surface area (Å²) in [6.45, 7) is 24.2. The van der Waals surface area contributed by atoms with Crippen molar-refractivity contribution in [3.63, 3.8) is 0 Å². The SMILES string of the molecule is C=CCC1(CC=C)CC[Si](CC=C)(CC=C)[Si](CC=C)(CC=C)O1. The van der Waals surface area contributed by atoms with Crippen LogP contribution in [0, 0.1) is 0 Å². The molecule has 0 bridgehead atoms. The van der Waals surface area contributed by atoms with E-state index in [0.29, 0.717) is 0 Å². The lowest BCUT2D eigenvalue weighted by molar-refractivity contribution is 0.0566. The van der Waals surface area contributed by atoms with E-state index in [2.05, 4.69) is 63.8 Å². The molecule has 1 fully saturated rings. The Labute approximate surface area is 151 Å². The van der Waals surface area contributed by atoms with E-state index in [4.69, 9.17) is 4.43 Å². The summed E-state index contributed by atoms with van der Waals surface area (Å²) < 4.78 is 7.16. The summed E-state index contributed by atoms with van der Waals surface area (Å²) in [4.78, 5) is 0. The maximum atomic E-state index is 7.16. The molecule has 0 radical (unpaired) electrons. The normalized spacial score (nSPS) is 20.5. The van der Waals surface area contributed by atoms with Crippen LogP contribution in [0.15, 0.2) is 75.9 Å². The molecule has 1 aliphatic heterocycles. The maximum absolute atomic E-state index is 7.16. The average molecular weight is 359 g/mol. The Kier molecular flexibility index (Phi) is 8.13. The van der Waals surface area contributed by atoms with Crippen LogP contribution in [0.2, 0.25) is 30.2 Å². The maximum Gasteiger partial charge on any atom is 0.188 e. The second-order valence-electron chi connectivity index (χ2n) is 7.02. The molecule has 1 heterocycles. The van der Waals surface area contributed by atoms with E-state index in [9.17, 15) is 0 Å². The van der Waals surface area contributed by atoms with Gasteiger partial charge in [0, 0.05) is 0 Å². The Morgan fingerprint density at radius 2 is 1.17 bits per heavy atom. The summed E-state index contributed by atoms with van der Waals surface area (Å²) in [6, 6.07) is 5.45. The van der Waals surface area contributed by atoms with Gasteiger partial charge in [0.25, 0.3) is 0 Å². The average Bonchev–Trinajstić information content (AvgIpc) is 2.53. The van der Waals surface area contributed by atoms with Crippen molar-refractivity contribution in [1.82, 2.24) is 0 Å². The van der Waals surface area contributed by atoms with Gasteiger partial charge in [0.05, 0.1) is 13.2 Å². The molecule has 0 spiro atoms. The molecule has 0 aromatic rings. The highest BCUT2D eigenvalue weighted by molar-refractivity contribution is 7.40. The lowest BCUT2D eigenvalue weighted by atomic mass is 9.92. The monoisotopic (exact) mass is 358 g/mol. The van der Waals surface area contributed by atoms with Gasteiger partial charge in [-0.1, -0.05) is 42.5 Å². The molecule has 24 heavy (non-hydrogen) atoms. The topological polar surface area (TPSA) is 9.23 Å². The van der Waals surface area contributed by atoms with Crippen molar-refractivity contribution in [2.24, 2.45) is 0 Å². The summed E-state index contributed by atoms with van der Waals surface area (Å²) in [5.74, 6) is 0. The summed E-state index contributed by atoms with van der Waals surface area (Å²) in [5, 5.41) is 0. The number of hydrogen-bond donors (Lipinski definition) is 0. The van der Waals surface area contributed by atoms with Crippen molar-refractivity contribution in [2.75, 3.05) is 0 Å². The molecule has 1 rings (SSSR count). The molecular weight excluding hydrogens is 324 g/mol. The number of rotatable bonds is 12. The van der Waals surface area contributed by atoms with Crippen LogP contribution in [0.25, 0.3) is 0 Å². The molecule has 0 saturated carbocycles. The summed E-state index contributed by atoms with van der Waals surface area (Å²) >= 11 is 0. The summed E-state index contributed by atoms with van der Waals surface area (Å²) in [5.41, 5.74) is -0.138. The molecular formula is C21H34OSi2. The van der Waals surface area contributed by atoms with Gasteiger partial charge in [-0.2, -0.15) is 0 Å². The van der Waals surface area contributed by atoms with Gasteiger partial charge in [-0.3, -0.25) is 0 Å². The van der Waals surface area contributed by atoms with Crippen LogP contribution in [0.1, 0.15) is 19.3 Å². The molecule has 0 aromatic carbocycles. The van der Waals surface area contributed by atoms with Crippen molar-refractivity contribution in [3.05, 3.63) is 75.9 Å². The molecule has 0 amide bonds. The predicted molar refractivity (Wildman–Crippen MR) is 114 cm³/mol. The van der Waals surface area contributed by atoms with Gasteiger partial charge in [-0.05, 0) is 43.4 Å². The first-order chi connectivity index (χ1) is 11.5. The lowest BCUT2D eigenvalue weighted by Gasteiger charge is -2.56. The zero-order valence-corrected chi connectivity index (χ0v) is 17.3. The molecule has 1 aliphatic rings. The van der Waals surface area contributed by atoms with E-state index >= 15 is 0 Å². The van der Waals surface area contributed by atoms with E-state index in [1.807, 2.05) is 12.2 Å². The third-order valence-electron chi connectivity index (χ3n) is 5.49. The molecule has 0 unspecified atom stereocenters. The van der Waals surface area contributed by atoms with Crippen molar-refractivity contribution in [2.45, 2.75) is 55.1 Å². The van der Waals surface area contributed by atoms with Gasteiger partial charge in [-0.15, -0.1) is 39.5 Å². The minimum atomic E-state index is -2.05. The fourth-order valence-electron chi connectivity index (χ4n) is 4.44. The molecule has 1 nitrogen and oxygen atoms in total. The van der Waals surface area contributed by atoms with E-state index in [1.54, 1.807) is 0 Å². The van der Waals surface area contributed by atoms with Gasteiger partial charge in [-0.25, -0.2) is 0 Å². The van der Waals surface area contributed by atoms with Crippen molar-refractivity contribution >= 4 is 15.4 Å². The fraction of sp³-hybridized carbons (Fsp3) is 0.429. The Hall–Kier alpha value is -1.17. The third kappa shape index (κ3) is 4.08. The van der Waals surface area contributed by atoms with Crippen LogP contribution in [0.4, 0.5) is 0 Å². The van der Waals surface area contributed by atoms with E-state index in [-0.39, 0.29) is 5.60 Å². The first kappa shape index (κ1) is 20.9. The Bertz CT molecular complexity index is 462. The van der Waals surface area contributed by atoms with Crippen LogP contribution >= 0.6 is 0 Å². The minimum Gasteiger partial charge on any atom is -0.413 e. The van der Waals surface area contributed by atoms with Gasteiger partial charge in [0.15, 0.2) is 7.83 Å². The molecule has 0 atom stereocenters. The van der Waals surface area contributed by atoms with Crippen LogP contribution in [0.3, 0.4) is 0 Å². The molecule has 0 aliphatic carbocycles. The van der Waals surface area contributed by atoms with Crippen LogP contribution in [-0.4, -0.2) is 21.0 Å². The lowest BCUT2D eigenvalue weighted by Crippen LogP contribution is -2.70. The molecule has 3 heteroatoms. The van der Waals surface area contributed by atoms with Gasteiger partial charge >= 0.3 is 0 Å². The van der Waals surface area contributed by atoms with Crippen molar-refractivity contribution in [1.29, 1.82) is 0 Å². The summed E-state index contributed by atoms with van der Waals surface area (Å²) in [6.07, 6.45) is 15.2. The van der Waals surface area contributed by atoms with E-state index in [1.165, 1.54) is 6.04 Å². The standard InChI is InChI=1S/C21H34OSi2/c1-7-13-21(14-8-2)15-20-23(16-9-3,17-10-4)24(22-21,18-11-5)19-12-6/h7-12H,1-6,13-20H2. The zero-order valence-electron chi connectivity index (χ0n) is 15.3. The van der Waals surface area contributed by atoms with Crippen molar-refractivity contribution in [3.8, 4) is 0 Å². The van der Waals surface area contributed by atoms with Crippen LogP contribution in [0.5, 0.6) is 0 Å². The molecule has 0 N–H and O–H groups in total. The van der Waals surface area contributed by atoms with Crippen LogP contribution < -0.4 is 0 Å². The number of allylic oxidation sites excluding steroid dienone is 4. The molecule has 1 saturated heterocycles. The van der Waals surface area contributed by atoms with Crippen LogP contribution in [-0.2, 0) is 4.43 Å². The highest BCUT2D eigenvalue weighted by Gasteiger charge is 2.60. The Morgan fingerprint density at radius 3 is 1.54 bits per heavy atom. The van der Waals surface area contributed by atoms with Gasteiger partial charge in [0.1, 0.15) is 0 Å². The van der Waals surface area contributed by atoms with Gasteiger partial charge < -0.3 is 4.43 Å². The fourth-order valence-corrected chi connectivity index (χ4v) is 21.3. The molecule has 0 aromatic heterocycles. The smallest absolute Gasteiger partial charge is 0.188 e. The largest absolute Gasteiger partial charge is 0.413 e. The quantitative estimate of drug-likeness (QED) is 0.285.